The number of hydrogen-bond acceptors (Lipinski definition) is 2. The predicted molar refractivity (Wildman–Crippen MR) is 68.0 cm³/mol. The first-order chi connectivity index (χ1) is 7.63. The Morgan fingerprint density at radius 2 is 1.94 bits per heavy atom. The van der Waals surface area contributed by atoms with E-state index in [9.17, 15) is 4.79 Å². The average Bonchev–Trinajstić information content (AvgIpc) is 2.27. The zero-order chi connectivity index (χ0) is 12.0. The van der Waals surface area contributed by atoms with E-state index in [1.807, 2.05) is 43.3 Å². The minimum Gasteiger partial charge on any atom is -0.378 e. The number of hydrogen-bond donors (Lipinski definition) is 1. The molecule has 0 fully saturated rings. The lowest BCUT2D eigenvalue weighted by Gasteiger charge is -2.12. The summed E-state index contributed by atoms with van der Waals surface area (Å²) >= 11 is 5.47. The van der Waals surface area contributed by atoms with E-state index in [0.717, 1.165) is 11.3 Å². The van der Waals surface area contributed by atoms with Crippen molar-refractivity contribution in [3.05, 3.63) is 29.8 Å². The van der Waals surface area contributed by atoms with Gasteiger partial charge in [-0.3, -0.25) is 4.79 Å². The number of nitrogens with one attached hydrogen (secondary N) is 1. The van der Waals surface area contributed by atoms with Crippen LogP contribution in [0.2, 0.25) is 0 Å². The molecular weight excluding hydrogens is 224 g/mol. The van der Waals surface area contributed by atoms with Crippen molar-refractivity contribution in [1.29, 1.82) is 0 Å². The van der Waals surface area contributed by atoms with Gasteiger partial charge in [0.1, 0.15) is 0 Å². The third-order valence-corrected chi connectivity index (χ3v) is 2.45. The summed E-state index contributed by atoms with van der Waals surface area (Å²) in [5.74, 6) is 0.359. The molecule has 1 N–H and O–H groups in total. The molecule has 0 unspecified atom stereocenters. The number of nitrogens with zero attached hydrogens (tertiary/aromatic N) is 1. The SMILES string of the molecule is CN(C)c1ccc(CNC(=O)CCCl)cc1. The van der Waals surface area contributed by atoms with Crippen molar-refractivity contribution < 1.29 is 4.79 Å². The van der Waals surface area contributed by atoms with Crippen molar-refractivity contribution in [2.75, 3.05) is 24.9 Å². The molecule has 0 atom stereocenters. The number of halogens is 1. The van der Waals surface area contributed by atoms with Crippen LogP contribution in [0.15, 0.2) is 24.3 Å². The average molecular weight is 241 g/mol. The first-order valence-corrected chi connectivity index (χ1v) is 5.76. The van der Waals surface area contributed by atoms with E-state index in [1.165, 1.54) is 0 Å². The molecule has 0 bridgehead atoms. The van der Waals surface area contributed by atoms with Gasteiger partial charge in [-0.1, -0.05) is 12.1 Å². The van der Waals surface area contributed by atoms with Gasteiger partial charge in [0.15, 0.2) is 0 Å². The van der Waals surface area contributed by atoms with Crippen LogP contribution in [0.5, 0.6) is 0 Å². The zero-order valence-corrected chi connectivity index (χ0v) is 10.4. The Balaban J connectivity index is 2.46. The predicted octanol–water partition coefficient (Wildman–Crippen LogP) is 2.00. The standard InChI is InChI=1S/C12H17ClN2O/c1-15(2)11-5-3-10(4-6-11)9-14-12(16)7-8-13/h3-6H,7-9H2,1-2H3,(H,14,16). The fourth-order valence-corrected chi connectivity index (χ4v) is 1.46. The Morgan fingerprint density at radius 1 is 1.31 bits per heavy atom. The molecule has 0 saturated heterocycles. The first-order valence-electron chi connectivity index (χ1n) is 5.22. The van der Waals surface area contributed by atoms with E-state index in [-0.39, 0.29) is 5.91 Å². The third kappa shape index (κ3) is 4.11. The van der Waals surface area contributed by atoms with Crippen molar-refractivity contribution in [3.8, 4) is 0 Å². The second kappa shape index (κ2) is 6.38. The highest BCUT2D eigenvalue weighted by Gasteiger charge is 2.00. The number of amides is 1. The molecule has 4 heteroatoms. The van der Waals surface area contributed by atoms with Gasteiger partial charge in [-0.2, -0.15) is 0 Å². The summed E-state index contributed by atoms with van der Waals surface area (Å²) in [6, 6.07) is 8.08. The van der Waals surface area contributed by atoms with Crippen molar-refractivity contribution in [2.24, 2.45) is 0 Å². The molecule has 1 amide bonds. The highest BCUT2D eigenvalue weighted by Crippen LogP contribution is 2.11. The highest BCUT2D eigenvalue weighted by atomic mass is 35.5. The summed E-state index contributed by atoms with van der Waals surface area (Å²) in [5, 5.41) is 2.81. The van der Waals surface area contributed by atoms with Gasteiger partial charge in [0.2, 0.25) is 5.91 Å². The lowest BCUT2D eigenvalue weighted by Crippen LogP contribution is -2.22. The molecule has 0 aromatic heterocycles. The molecular formula is C12H17ClN2O. The number of alkyl halides is 1. The van der Waals surface area contributed by atoms with Crippen molar-refractivity contribution in [2.45, 2.75) is 13.0 Å². The second-order valence-electron chi connectivity index (χ2n) is 3.78. The van der Waals surface area contributed by atoms with E-state index in [1.54, 1.807) is 0 Å². The summed E-state index contributed by atoms with van der Waals surface area (Å²) in [4.78, 5) is 13.2. The Kier molecular flexibility index (Phi) is 5.12. The number of carbonyl (C=O) groups is 1. The molecule has 1 aromatic rings. The summed E-state index contributed by atoms with van der Waals surface area (Å²) < 4.78 is 0. The molecule has 0 spiro atoms. The van der Waals surface area contributed by atoms with Crippen LogP contribution < -0.4 is 10.2 Å². The van der Waals surface area contributed by atoms with Crippen molar-refractivity contribution >= 4 is 23.2 Å². The molecule has 0 radical (unpaired) electrons. The molecule has 0 aliphatic carbocycles. The maximum absolute atomic E-state index is 11.2. The fraction of sp³-hybridized carbons (Fsp3) is 0.417. The minimum absolute atomic E-state index is 0.00770. The molecule has 16 heavy (non-hydrogen) atoms. The Hall–Kier alpha value is -1.22. The smallest absolute Gasteiger partial charge is 0.221 e. The maximum atomic E-state index is 11.2. The summed E-state index contributed by atoms with van der Waals surface area (Å²) in [6.07, 6.45) is 0.372. The lowest BCUT2D eigenvalue weighted by atomic mass is 10.2. The summed E-state index contributed by atoms with van der Waals surface area (Å²) in [7, 11) is 3.99. The van der Waals surface area contributed by atoms with Crippen LogP contribution in [-0.2, 0) is 11.3 Å². The van der Waals surface area contributed by atoms with Gasteiger partial charge in [0.25, 0.3) is 0 Å². The van der Waals surface area contributed by atoms with E-state index >= 15 is 0 Å². The van der Waals surface area contributed by atoms with E-state index in [4.69, 9.17) is 11.6 Å². The summed E-state index contributed by atoms with van der Waals surface area (Å²) in [6.45, 7) is 0.559. The van der Waals surface area contributed by atoms with Gasteiger partial charge in [0, 0.05) is 38.6 Å². The van der Waals surface area contributed by atoms with Crippen molar-refractivity contribution in [3.63, 3.8) is 0 Å². The van der Waals surface area contributed by atoms with Crippen LogP contribution in [0.4, 0.5) is 5.69 Å². The van der Waals surface area contributed by atoms with Gasteiger partial charge < -0.3 is 10.2 Å². The topological polar surface area (TPSA) is 32.3 Å². The van der Waals surface area contributed by atoms with Crippen LogP contribution in [0, 0.1) is 0 Å². The zero-order valence-electron chi connectivity index (χ0n) is 9.66. The van der Waals surface area contributed by atoms with Crippen LogP contribution in [-0.4, -0.2) is 25.9 Å². The van der Waals surface area contributed by atoms with E-state index < -0.39 is 0 Å². The van der Waals surface area contributed by atoms with Gasteiger partial charge in [0.05, 0.1) is 0 Å². The Labute approximate surface area is 101 Å². The highest BCUT2D eigenvalue weighted by molar-refractivity contribution is 6.18. The van der Waals surface area contributed by atoms with Gasteiger partial charge >= 0.3 is 0 Å². The minimum atomic E-state index is -0.00770. The molecule has 1 aromatic carbocycles. The molecule has 0 aliphatic heterocycles. The number of benzene rings is 1. The number of rotatable bonds is 5. The summed E-state index contributed by atoms with van der Waals surface area (Å²) in [5.41, 5.74) is 2.24. The Morgan fingerprint density at radius 3 is 2.44 bits per heavy atom. The largest absolute Gasteiger partial charge is 0.378 e. The third-order valence-electron chi connectivity index (χ3n) is 2.26. The fourth-order valence-electron chi connectivity index (χ4n) is 1.29. The molecule has 88 valence electrons. The van der Waals surface area contributed by atoms with Gasteiger partial charge in [-0.05, 0) is 17.7 Å². The van der Waals surface area contributed by atoms with Crippen LogP contribution in [0.1, 0.15) is 12.0 Å². The molecule has 3 nitrogen and oxygen atoms in total. The molecule has 0 aliphatic rings. The second-order valence-corrected chi connectivity index (χ2v) is 4.15. The quantitative estimate of drug-likeness (QED) is 0.799. The number of anilines is 1. The number of carbonyl (C=O) groups excluding carboxylic acids is 1. The maximum Gasteiger partial charge on any atom is 0.221 e. The Bertz CT molecular complexity index is 335. The van der Waals surface area contributed by atoms with E-state index in [2.05, 4.69) is 5.32 Å². The normalized spacial score (nSPS) is 9.94. The molecule has 1 rings (SSSR count). The van der Waals surface area contributed by atoms with Crippen molar-refractivity contribution in [1.82, 2.24) is 5.32 Å². The van der Waals surface area contributed by atoms with Crippen LogP contribution in [0.3, 0.4) is 0 Å². The van der Waals surface area contributed by atoms with E-state index in [0.29, 0.717) is 18.8 Å². The van der Waals surface area contributed by atoms with Gasteiger partial charge in [-0.15, -0.1) is 11.6 Å². The van der Waals surface area contributed by atoms with Crippen LogP contribution >= 0.6 is 11.6 Å². The van der Waals surface area contributed by atoms with Crippen LogP contribution in [0.25, 0.3) is 0 Å². The first kappa shape index (κ1) is 12.8. The molecule has 0 saturated carbocycles. The molecule has 0 heterocycles. The lowest BCUT2D eigenvalue weighted by molar-refractivity contribution is -0.120. The monoisotopic (exact) mass is 240 g/mol. The van der Waals surface area contributed by atoms with Gasteiger partial charge in [-0.25, -0.2) is 0 Å².